The van der Waals surface area contributed by atoms with E-state index < -0.39 is 27.9 Å². The molecule has 9 nitrogen and oxygen atoms in total. The molecule has 0 atom stereocenters. The van der Waals surface area contributed by atoms with Gasteiger partial charge in [0.2, 0.25) is 0 Å². The number of benzene rings is 2. The summed E-state index contributed by atoms with van der Waals surface area (Å²) < 4.78 is 31.5. The number of Topliss-reactive ketones (excluding diaryl/α,β-unsaturated/α-hetero) is 1. The number of ketones is 1. The molecular weight excluding hydrogens is 506 g/mol. The number of amides is 1. The van der Waals surface area contributed by atoms with E-state index in [0.29, 0.717) is 24.1 Å². The van der Waals surface area contributed by atoms with Crippen LogP contribution in [0.4, 0.5) is 16.2 Å². The van der Waals surface area contributed by atoms with Crippen LogP contribution in [0, 0.1) is 0 Å². The molecule has 0 radical (unpaired) electrons. The predicted molar refractivity (Wildman–Crippen MR) is 151 cm³/mol. The Bertz CT molecular complexity index is 1340. The van der Waals surface area contributed by atoms with E-state index in [9.17, 15) is 23.8 Å². The Hall–Kier alpha value is -3.34. The minimum Gasteiger partial charge on any atom is -0.506 e. The summed E-state index contributed by atoms with van der Waals surface area (Å²) >= 11 is 0. The second-order valence-corrected chi connectivity index (χ2v) is 12.3. The minimum absolute atomic E-state index is 0.0481. The second kappa shape index (κ2) is 10.1. The highest BCUT2D eigenvalue weighted by Gasteiger charge is 2.48. The topological polar surface area (TPSA) is 140 Å². The first-order valence-corrected chi connectivity index (χ1v) is 14.2. The zero-order chi connectivity index (χ0) is 27.9. The first kappa shape index (κ1) is 27.7. The van der Waals surface area contributed by atoms with Crippen LogP contribution >= 0.6 is 10.8 Å². The summed E-state index contributed by atoms with van der Waals surface area (Å²) in [7, 11) is -3.78. The average Bonchev–Trinajstić information content (AvgIpc) is 2.82. The van der Waals surface area contributed by atoms with Crippen LogP contribution < -0.4 is 10.6 Å². The highest BCUT2D eigenvalue weighted by atomic mass is 32.3. The van der Waals surface area contributed by atoms with Crippen molar-refractivity contribution in [2.24, 2.45) is 4.40 Å². The average molecular weight is 542 g/mol. The maximum Gasteiger partial charge on any atom is 0.412 e. The highest BCUT2D eigenvalue weighted by molar-refractivity contribution is 8.23. The van der Waals surface area contributed by atoms with E-state index in [2.05, 4.69) is 15.0 Å². The number of anilines is 2. The van der Waals surface area contributed by atoms with Gasteiger partial charge in [-0.15, -0.1) is 4.40 Å². The van der Waals surface area contributed by atoms with Crippen LogP contribution in [0.1, 0.15) is 71.4 Å². The number of amidine groups is 1. The maximum atomic E-state index is 14.2. The first-order valence-electron chi connectivity index (χ1n) is 12.7. The fraction of sp³-hybridized carbons (Fsp3) is 0.393. The molecule has 0 spiro atoms. The molecule has 2 aromatic rings. The summed E-state index contributed by atoms with van der Waals surface area (Å²) in [6.07, 6.45) is 1.96. The molecule has 0 fully saturated rings. The van der Waals surface area contributed by atoms with Crippen molar-refractivity contribution in [3.63, 3.8) is 0 Å². The molecule has 0 unspecified atom stereocenters. The van der Waals surface area contributed by atoms with Gasteiger partial charge in [-0.3, -0.25) is 19.2 Å². The predicted octanol–water partition coefficient (Wildman–Crippen LogP) is 7.27. The van der Waals surface area contributed by atoms with Gasteiger partial charge in [0.1, 0.15) is 21.8 Å². The van der Waals surface area contributed by atoms with Gasteiger partial charge in [0.15, 0.2) is 11.6 Å². The quantitative estimate of drug-likeness (QED) is 0.259. The van der Waals surface area contributed by atoms with E-state index in [1.807, 2.05) is 26.0 Å². The zero-order valence-electron chi connectivity index (χ0n) is 22.3. The Morgan fingerprint density at radius 2 is 1.76 bits per heavy atom. The molecule has 1 amide bonds. The number of rotatable bonds is 6. The van der Waals surface area contributed by atoms with Crippen molar-refractivity contribution in [1.82, 2.24) is 0 Å². The third-order valence-corrected chi connectivity index (χ3v) is 7.95. The number of hydrogen-bond donors (Lipinski definition) is 5. The standard InChI is InChI=1S/C28H35N3O6S/c1-6-14-28(15-7-2)19-11-9-8-10-18(19)23(32)22(24(28)33)25-30-20-13-12-17(16-21(20)38(35,36)31-25)29-26(34)37-27(3,4)5/h8-13,16,32,35-36H,6-7,14-15H2,1-5H3,(H,29,34)(H,30,31). The van der Waals surface area contributed by atoms with Crippen LogP contribution in [0.3, 0.4) is 0 Å². The molecular formula is C28H35N3O6S. The lowest BCUT2D eigenvalue weighted by Crippen LogP contribution is -2.44. The Balaban J connectivity index is 1.77. The van der Waals surface area contributed by atoms with Crippen molar-refractivity contribution in [2.45, 2.75) is 76.2 Å². The molecule has 10 heteroatoms. The molecule has 4 rings (SSSR count). The summed E-state index contributed by atoms with van der Waals surface area (Å²) in [5, 5.41) is 16.9. The van der Waals surface area contributed by atoms with Crippen LogP contribution in [-0.4, -0.2) is 37.5 Å². The lowest BCUT2D eigenvalue weighted by molar-refractivity contribution is -0.121. The molecule has 5 N–H and O–H groups in total. The van der Waals surface area contributed by atoms with Gasteiger partial charge in [-0.05, 0) is 57.4 Å². The van der Waals surface area contributed by atoms with Gasteiger partial charge in [0.05, 0.1) is 11.1 Å². The third-order valence-electron chi connectivity index (χ3n) is 6.58. The fourth-order valence-corrected chi connectivity index (χ4v) is 6.38. The van der Waals surface area contributed by atoms with Crippen LogP contribution in [-0.2, 0) is 14.9 Å². The van der Waals surface area contributed by atoms with E-state index in [0.717, 1.165) is 18.4 Å². The molecule has 0 bridgehead atoms. The van der Waals surface area contributed by atoms with Gasteiger partial charge in [0, 0.05) is 11.3 Å². The Labute approximate surface area is 224 Å². The summed E-state index contributed by atoms with van der Waals surface area (Å²) in [4.78, 5) is 26.4. The summed E-state index contributed by atoms with van der Waals surface area (Å²) in [6.45, 7) is 9.23. The van der Waals surface area contributed by atoms with Gasteiger partial charge < -0.3 is 15.2 Å². The fourth-order valence-electron chi connectivity index (χ4n) is 5.19. The van der Waals surface area contributed by atoms with E-state index in [-0.39, 0.29) is 33.5 Å². The monoisotopic (exact) mass is 541 g/mol. The molecule has 2 aromatic carbocycles. The Kier molecular flexibility index (Phi) is 7.35. The van der Waals surface area contributed by atoms with Crippen molar-refractivity contribution in [3.05, 3.63) is 59.2 Å². The van der Waals surface area contributed by atoms with Gasteiger partial charge >= 0.3 is 6.09 Å². The number of hydrogen-bond acceptors (Lipinski definition) is 8. The molecule has 0 saturated heterocycles. The molecule has 2 aliphatic rings. The van der Waals surface area contributed by atoms with E-state index in [1.165, 1.54) is 6.07 Å². The number of carbonyl (C=O) groups excluding carboxylic acids is 2. The number of nitrogens with zero attached hydrogens (tertiary/aromatic N) is 1. The van der Waals surface area contributed by atoms with E-state index in [4.69, 9.17) is 4.74 Å². The van der Waals surface area contributed by atoms with Crippen molar-refractivity contribution in [2.75, 3.05) is 10.6 Å². The maximum absolute atomic E-state index is 14.2. The zero-order valence-corrected chi connectivity index (χ0v) is 23.1. The molecule has 0 saturated carbocycles. The van der Waals surface area contributed by atoms with E-state index in [1.54, 1.807) is 45.0 Å². The smallest absolute Gasteiger partial charge is 0.412 e. The number of carbonyl (C=O) groups is 2. The Morgan fingerprint density at radius 1 is 1.11 bits per heavy atom. The van der Waals surface area contributed by atoms with Crippen LogP contribution in [0.25, 0.3) is 5.76 Å². The van der Waals surface area contributed by atoms with E-state index >= 15 is 0 Å². The number of aliphatic hydroxyl groups is 1. The van der Waals surface area contributed by atoms with Crippen molar-refractivity contribution in [3.8, 4) is 0 Å². The summed E-state index contributed by atoms with van der Waals surface area (Å²) in [6, 6.07) is 11.8. The summed E-state index contributed by atoms with van der Waals surface area (Å²) in [5.41, 5.74) is 0.265. The number of fused-ring (bicyclic) bond motifs is 2. The minimum atomic E-state index is -3.78. The van der Waals surface area contributed by atoms with Gasteiger partial charge in [-0.1, -0.05) is 61.7 Å². The molecule has 204 valence electrons. The van der Waals surface area contributed by atoms with Gasteiger partial charge in [-0.2, -0.15) is 0 Å². The van der Waals surface area contributed by atoms with Crippen molar-refractivity contribution < 1.29 is 28.5 Å². The molecule has 38 heavy (non-hydrogen) atoms. The van der Waals surface area contributed by atoms with Gasteiger partial charge in [0.25, 0.3) is 0 Å². The van der Waals surface area contributed by atoms with Crippen molar-refractivity contribution >= 4 is 45.6 Å². The van der Waals surface area contributed by atoms with Crippen LogP contribution in [0.2, 0.25) is 0 Å². The molecule has 1 aliphatic heterocycles. The van der Waals surface area contributed by atoms with Crippen LogP contribution in [0.15, 0.2) is 57.3 Å². The molecule has 0 aromatic heterocycles. The lowest BCUT2D eigenvalue weighted by atomic mass is 9.63. The number of ether oxygens (including phenoxy) is 1. The number of aliphatic hydroxyl groups excluding tert-OH is 1. The molecule has 1 aliphatic carbocycles. The third kappa shape index (κ3) is 5.03. The van der Waals surface area contributed by atoms with Crippen LogP contribution in [0.5, 0.6) is 0 Å². The van der Waals surface area contributed by atoms with Gasteiger partial charge in [-0.25, -0.2) is 4.79 Å². The number of nitrogens with one attached hydrogen (secondary N) is 2. The SMILES string of the molecule is CCCC1(CCC)C(=O)C(C2=NS(O)(O)c3cc(NC(=O)OC(C)(C)C)ccc3N2)=C(O)c2ccccc21. The summed E-state index contributed by atoms with van der Waals surface area (Å²) in [5.74, 6) is -0.647. The largest absolute Gasteiger partial charge is 0.506 e. The molecule has 1 heterocycles. The Morgan fingerprint density at radius 3 is 2.39 bits per heavy atom. The normalized spacial score (nSPS) is 18.5. The highest BCUT2D eigenvalue weighted by Crippen LogP contribution is 2.57. The first-order chi connectivity index (χ1) is 17.8. The van der Waals surface area contributed by atoms with Crippen molar-refractivity contribution in [1.29, 1.82) is 0 Å². The lowest BCUT2D eigenvalue weighted by Gasteiger charge is -2.40. The second-order valence-electron chi connectivity index (χ2n) is 10.6.